The number of hydrogen-bond acceptors (Lipinski definition) is 6. The van der Waals surface area contributed by atoms with E-state index in [9.17, 15) is 24.8 Å². The number of pyridine rings is 1. The van der Waals surface area contributed by atoms with Crippen molar-refractivity contribution in [1.29, 1.82) is 0 Å². The van der Waals surface area contributed by atoms with Gasteiger partial charge in [0.1, 0.15) is 11.8 Å². The molecule has 1 unspecified atom stereocenters. The summed E-state index contributed by atoms with van der Waals surface area (Å²) < 4.78 is 0. The lowest BCUT2D eigenvalue weighted by Crippen LogP contribution is -2.30. The molecule has 0 bridgehead atoms. The van der Waals surface area contributed by atoms with Crippen LogP contribution in [0.1, 0.15) is 22.9 Å². The van der Waals surface area contributed by atoms with Gasteiger partial charge in [0.25, 0.3) is 17.4 Å². The average molecular weight is 415 g/mol. The zero-order chi connectivity index (χ0) is 22.1. The van der Waals surface area contributed by atoms with Gasteiger partial charge in [-0.05, 0) is 30.7 Å². The molecule has 1 saturated heterocycles. The van der Waals surface area contributed by atoms with Gasteiger partial charge >= 0.3 is 0 Å². The molecule has 1 N–H and O–H groups in total. The third-order valence-electron chi connectivity index (χ3n) is 5.12. The second kappa shape index (κ2) is 7.83. The molecule has 1 aromatic heterocycles. The maximum Gasteiger partial charge on any atom is 0.300 e. The van der Waals surface area contributed by atoms with Crippen LogP contribution >= 0.6 is 0 Å². The Morgan fingerprint density at radius 2 is 1.81 bits per heavy atom. The summed E-state index contributed by atoms with van der Waals surface area (Å²) >= 11 is 0. The van der Waals surface area contributed by atoms with Crippen LogP contribution in [0, 0.1) is 17.0 Å². The summed E-state index contributed by atoms with van der Waals surface area (Å²) in [5.74, 6) is -2.19. The molecule has 1 aliphatic heterocycles. The van der Waals surface area contributed by atoms with Crippen molar-refractivity contribution in [2.75, 3.05) is 4.90 Å². The van der Waals surface area contributed by atoms with Crippen molar-refractivity contribution in [1.82, 2.24) is 4.98 Å². The number of nitro groups is 1. The van der Waals surface area contributed by atoms with E-state index in [0.717, 1.165) is 11.6 Å². The van der Waals surface area contributed by atoms with Crippen molar-refractivity contribution in [3.05, 3.63) is 105 Å². The van der Waals surface area contributed by atoms with E-state index in [4.69, 9.17) is 0 Å². The molecule has 154 valence electrons. The number of rotatable bonds is 4. The van der Waals surface area contributed by atoms with Gasteiger partial charge in [-0.25, -0.2) is 0 Å². The van der Waals surface area contributed by atoms with Crippen molar-refractivity contribution >= 4 is 28.8 Å². The highest BCUT2D eigenvalue weighted by molar-refractivity contribution is 6.51. The number of hydrogen-bond donors (Lipinski definition) is 1. The van der Waals surface area contributed by atoms with E-state index in [1.54, 1.807) is 30.3 Å². The first-order chi connectivity index (χ1) is 14.9. The van der Waals surface area contributed by atoms with Crippen molar-refractivity contribution in [2.24, 2.45) is 0 Å². The smallest absolute Gasteiger partial charge is 0.300 e. The Bertz CT molecular complexity index is 1240. The second-order valence-electron chi connectivity index (χ2n) is 7.02. The SMILES string of the molecule is Cc1ccccc1N1C(=O)C(=O)/C(=C(\O)c2cccc([N+](=O)[O-])c2)C1c1ccccn1. The molecule has 2 heterocycles. The summed E-state index contributed by atoms with van der Waals surface area (Å²) in [7, 11) is 0. The molecule has 8 nitrogen and oxygen atoms in total. The van der Waals surface area contributed by atoms with Gasteiger partial charge in [0.05, 0.1) is 16.2 Å². The number of aryl methyl sites for hydroxylation is 1. The summed E-state index contributed by atoms with van der Waals surface area (Å²) in [5.41, 5.74) is 1.31. The highest BCUT2D eigenvalue weighted by atomic mass is 16.6. The van der Waals surface area contributed by atoms with Gasteiger partial charge in [0, 0.05) is 29.6 Å². The van der Waals surface area contributed by atoms with E-state index in [2.05, 4.69) is 4.98 Å². The largest absolute Gasteiger partial charge is 0.507 e. The third-order valence-corrected chi connectivity index (χ3v) is 5.12. The van der Waals surface area contributed by atoms with Crippen LogP contribution in [0.5, 0.6) is 0 Å². The number of para-hydroxylation sites is 1. The van der Waals surface area contributed by atoms with Crippen molar-refractivity contribution in [3.8, 4) is 0 Å². The van der Waals surface area contributed by atoms with Gasteiger partial charge < -0.3 is 5.11 Å². The van der Waals surface area contributed by atoms with Gasteiger partial charge in [0.2, 0.25) is 0 Å². The first-order valence-corrected chi connectivity index (χ1v) is 9.42. The Balaban J connectivity index is 1.96. The van der Waals surface area contributed by atoms with Crippen LogP contribution in [-0.2, 0) is 9.59 Å². The van der Waals surface area contributed by atoms with E-state index in [1.165, 1.54) is 29.3 Å². The van der Waals surface area contributed by atoms with Crippen LogP contribution in [0.3, 0.4) is 0 Å². The highest BCUT2D eigenvalue weighted by Crippen LogP contribution is 2.42. The molecule has 3 aromatic rings. The fourth-order valence-corrected chi connectivity index (χ4v) is 3.65. The van der Waals surface area contributed by atoms with Gasteiger partial charge in [-0.3, -0.25) is 29.6 Å². The summed E-state index contributed by atoms with van der Waals surface area (Å²) in [6.45, 7) is 1.81. The van der Waals surface area contributed by atoms with Crippen LogP contribution < -0.4 is 4.90 Å². The lowest BCUT2D eigenvalue weighted by molar-refractivity contribution is -0.384. The Hall–Kier alpha value is -4.33. The molecular weight excluding hydrogens is 398 g/mol. The van der Waals surface area contributed by atoms with Gasteiger partial charge in [-0.2, -0.15) is 0 Å². The molecule has 4 rings (SSSR count). The summed E-state index contributed by atoms with van der Waals surface area (Å²) in [6.07, 6.45) is 1.53. The standard InChI is InChI=1S/C23H17N3O5/c1-14-7-2-3-11-18(14)25-20(17-10-4-5-12-24-17)19(22(28)23(25)29)21(27)15-8-6-9-16(13-15)26(30)31/h2-13,20,27H,1H3/b21-19-. The van der Waals surface area contributed by atoms with Crippen molar-refractivity contribution in [3.63, 3.8) is 0 Å². The normalized spacial score (nSPS) is 17.7. The zero-order valence-electron chi connectivity index (χ0n) is 16.4. The maximum absolute atomic E-state index is 13.1. The third kappa shape index (κ3) is 3.44. The molecule has 0 radical (unpaired) electrons. The fourth-order valence-electron chi connectivity index (χ4n) is 3.65. The van der Waals surface area contributed by atoms with E-state index < -0.39 is 28.4 Å². The molecule has 1 atom stereocenters. The van der Waals surface area contributed by atoms with Crippen molar-refractivity contribution < 1.29 is 19.6 Å². The number of nitrogens with zero attached hydrogens (tertiary/aromatic N) is 3. The number of nitro benzene ring substituents is 1. The average Bonchev–Trinajstić information content (AvgIpc) is 3.05. The van der Waals surface area contributed by atoms with Crippen molar-refractivity contribution in [2.45, 2.75) is 13.0 Å². The van der Waals surface area contributed by atoms with Gasteiger partial charge in [0.15, 0.2) is 0 Å². The predicted molar refractivity (Wildman–Crippen MR) is 113 cm³/mol. The predicted octanol–water partition coefficient (Wildman–Crippen LogP) is 3.92. The Kier molecular flexibility index (Phi) is 5.04. The number of carbonyl (C=O) groups is 2. The number of aromatic nitrogens is 1. The molecule has 0 aliphatic carbocycles. The quantitative estimate of drug-likeness (QED) is 0.227. The molecule has 0 saturated carbocycles. The van der Waals surface area contributed by atoms with Crippen LogP contribution in [0.25, 0.3) is 5.76 Å². The van der Waals surface area contributed by atoms with Gasteiger partial charge in [-0.15, -0.1) is 0 Å². The maximum atomic E-state index is 13.1. The minimum absolute atomic E-state index is 0.0675. The molecule has 1 aliphatic rings. The number of aliphatic hydroxyl groups excluding tert-OH is 1. The minimum Gasteiger partial charge on any atom is -0.507 e. The number of benzene rings is 2. The zero-order valence-corrected chi connectivity index (χ0v) is 16.4. The van der Waals surface area contributed by atoms with E-state index in [0.29, 0.717) is 11.4 Å². The van der Waals surface area contributed by atoms with Gasteiger partial charge in [-0.1, -0.05) is 36.4 Å². The molecule has 0 spiro atoms. The summed E-state index contributed by atoms with van der Waals surface area (Å²) in [4.78, 5) is 42.3. The molecule has 1 amide bonds. The molecule has 31 heavy (non-hydrogen) atoms. The molecular formula is C23H17N3O5. The lowest BCUT2D eigenvalue weighted by atomic mass is 9.97. The number of non-ortho nitro benzene ring substituents is 1. The van der Waals surface area contributed by atoms with Crippen LogP contribution in [-0.4, -0.2) is 26.7 Å². The topological polar surface area (TPSA) is 114 Å². The fraction of sp³-hybridized carbons (Fsp3) is 0.0870. The van der Waals surface area contributed by atoms with E-state index in [1.807, 2.05) is 19.1 Å². The molecule has 2 aromatic carbocycles. The van der Waals surface area contributed by atoms with Crippen LogP contribution in [0.4, 0.5) is 11.4 Å². The first-order valence-electron chi connectivity index (χ1n) is 9.42. The summed E-state index contributed by atoms with van der Waals surface area (Å²) in [5, 5.41) is 22.2. The number of carbonyl (C=O) groups excluding carboxylic acids is 2. The molecule has 1 fully saturated rings. The second-order valence-corrected chi connectivity index (χ2v) is 7.02. The summed E-state index contributed by atoms with van der Waals surface area (Å²) in [6, 6.07) is 16.5. The first kappa shape index (κ1) is 20.0. The monoisotopic (exact) mass is 415 g/mol. The van der Waals surface area contributed by atoms with Crippen LogP contribution in [0.15, 0.2) is 78.5 Å². The Labute approximate surface area is 177 Å². The molecule has 8 heteroatoms. The van der Waals surface area contributed by atoms with E-state index in [-0.39, 0.29) is 16.8 Å². The van der Waals surface area contributed by atoms with E-state index >= 15 is 0 Å². The Morgan fingerprint density at radius 1 is 1.06 bits per heavy atom. The Morgan fingerprint density at radius 3 is 2.48 bits per heavy atom. The number of anilines is 1. The number of Topliss-reactive ketones (excluding diaryl/α,β-unsaturated/α-hetero) is 1. The lowest BCUT2D eigenvalue weighted by Gasteiger charge is -2.25. The minimum atomic E-state index is -0.985. The highest BCUT2D eigenvalue weighted by Gasteiger charge is 2.48. The number of aliphatic hydroxyl groups is 1. The number of amides is 1. The number of ketones is 1. The van der Waals surface area contributed by atoms with Crippen LogP contribution in [0.2, 0.25) is 0 Å².